The smallest absolute Gasteiger partial charge is 0.243 e. The quantitative estimate of drug-likeness (QED) is 0.667. The van der Waals surface area contributed by atoms with Crippen LogP contribution in [0.4, 0.5) is 0 Å². The molecule has 0 aromatic heterocycles. The minimum absolute atomic E-state index is 0.101. The molecule has 2 atom stereocenters. The highest BCUT2D eigenvalue weighted by atomic mass is 32.2. The summed E-state index contributed by atoms with van der Waals surface area (Å²) in [4.78, 5) is 24.7. The molecule has 1 aliphatic rings. The van der Waals surface area contributed by atoms with Crippen LogP contribution in [0, 0.1) is 5.92 Å². The molecule has 0 bridgehead atoms. The van der Waals surface area contributed by atoms with Crippen LogP contribution in [-0.2, 0) is 19.6 Å². The van der Waals surface area contributed by atoms with Crippen LogP contribution in [0.1, 0.15) is 33.1 Å². The van der Waals surface area contributed by atoms with Crippen molar-refractivity contribution in [2.45, 2.75) is 44.0 Å². The van der Waals surface area contributed by atoms with Crippen molar-refractivity contribution >= 4 is 21.8 Å². The van der Waals surface area contributed by atoms with Gasteiger partial charge in [0.25, 0.3) is 0 Å². The molecule has 1 saturated heterocycles. The molecule has 1 aromatic carbocycles. The zero-order valence-electron chi connectivity index (χ0n) is 16.6. The van der Waals surface area contributed by atoms with E-state index in [1.807, 2.05) is 6.92 Å². The first-order valence-corrected chi connectivity index (χ1v) is 11.0. The number of sulfonamides is 1. The van der Waals surface area contributed by atoms with Crippen molar-refractivity contribution in [2.24, 2.45) is 5.92 Å². The summed E-state index contributed by atoms with van der Waals surface area (Å²) in [5.74, 6) is -0.448. The Bertz CT molecular complexity index is 779. The lowest BCUT2D eigenvalue weighted by Gasteiger charge is -2.31. The molecule has 0 spiro atoms. The third-order valence-corrected chi connectivity index (χ3v) is 6.63. The highest BCUT2D eigenvalue weighted by Gasteiger charge is 2.34. The second kappa shape index (κ2) is 9.88. The van der Waals surface area contributed by atoms with Crippen LogP contribution in [0.25, 0.3) is 0 Å². The predicted octanol–water partition coefficient (Wildman–Crippen LogP) is 1.13. The third-order valence-electron chi connectivity index (χ3n) is 4.75. The van der Waals surface area contributed by atoms with Crippen molar-refractivity contribution in [3.63, 3.8) is 0 Å². The Morgan fingerprint density at radius 2 is 1.96 bits per heavy atom. The van der Waals surface area contributed by atoms with Crippen molar-refractivity contribution < 1.29 is 22.7 Å². The lowest BCUT2D eigenvalue weighted by Crippen LogP contribution is -2.50. The predicted molar refractivity (Wildman–Crippen MR) is 105 cm³/mol. The molecule has 28 heavy (non-hydrogen) atoms. The van der Waals surface area contributed by atoms with Gasteiger partial charge in [-0.05, 0) is 50.5 Å². The Kier molecular flexibility index (Phi) is 7.82. The van der Waals surface area contributed by atoms with E-state index in [0.717, 1.165) is 6.42 Å². The third kappa shape index (κ3) is 5.45. The molecule has 8 nitrogen and oxygen atoms in total. The Morgan fingerprint density at radius 1 is 1.29 bits per heavy atom. The molecule has 0 aliphatic carbocycles. The summed E-state index contributed by atoms with van der Waals surface area (Å²) in [7, 11) is -2.18. The first kappa shape index (κ1) is 22.2. The summed E-state index contributed by atoms with van der Waals surface area (Å²) in [5, 5.41) is 5.43. The zero-order chi connectivity index (χ0) is 20.7. The van der Waals surface area contributed by atoms with Gasteiger partial charge >= 0.3 is 0 Å². The lowest BCUT2D eigenvalue weighted by molar-refractivity contribution is -0.131. The molecule has 2 amide bonds. The number of carbonyl (C=O) groups is 2. The van der Waals surface area contributed by atoms with Gasteiger partial charge in [0, 0.05) is 19.6 Å². The zero-order valence-corrected chi connectivity index (χ0v) is 17.4. The van der Waals surface area contributed by atoms with Crippen molar-refractivity contribution in [1.29, 1.82) is 0 Å². The van der Waals surface area contributed by atoms with E-state index in [2.05, 4.69) is 10.6 Å². The topological polar surface area (TPSA) is 105 Å². The van der Waals surface area contributed by atoms with Crippen LogP contribution in [-0.4, -0.2) is 57.3 Å². The number of nitrogens with zero attached hydrogens (tertiary/aromatic N) is 1. The average Bonchev–Trinajstić information content (AvgIpc) is 2.71. The molecular weight excluding hydrogens is 382 g/mol. The molecule has 2 rings (SSSR count). The van der Waals surface area contributed by atoms with Crippen molar-refractivity contribution in [3.8, 4) is 5.75 Å². The number of nitrogens with one attached hydrogen (secondary N) is 2. The Labute approximate surface area is 166 Å². The van der Waals surface area contributed by atoms with E-state index in [0.29, 0.717) is 31.7 Å². The fraction of sp³-hybridized carbons (Fsp3) is 0.579. The molecule has 0 radical (unpaired) electrons. The SMILES string of the molecule is CCCNC(=O)[C@@H](C)NC(=O)[C@@H]1CCCN(S(=O)(=O)c2ccc(OC)cc2)C1. The monoisotopic (exact) mass is 411 g/mol. The number of hydrogen-bond donors (Lipinski definition) is 2. The maximum atomic E-state index is 12.9. The summed E-state index contributed by atoms with van der Waals surface area (Å²) >= 11 is 0. The number of methoxy groups -OCH3 is 1. The minimum Gasteiger partial charge on any atom is -0.497 e. The van der Waals surface area contributed by atoms with Gasteiger partial charge in [0.15, 0.2) is 0 Å². The fourth-order valence-corrected chi connectivity index (χ4v) is 4.59. The van der Waals surface area contributed by atoms with Gasteiger partial charge in [0.05, 0.1) is 17.9 Å². The maximum Gasteiger partial charge on any atom is 0.243 e. The Hall–Kier alpha value is -2.13. The fourth-order valence-electron chi connectivity index (χ4n) is 3.07. The first-order chi connectivity index (χ1) is 13.3. The van der Waals surface area contributed by atoms with E-state index >= 15 is 0 Å². The first-order valence-electron chi connectivity index (χ1n) is 9.52. The molecule has 1 fully saturated rings. The van der Waals surface area contributed by atoms with Gasteiger partial charge in [0.1, 0.15) is 11.8 Å². The normalized spacial score (nSPS) is 18.9. The van der Waals surface area contributed by atoms with Crippen molar-refractivity contribution in [2.75, 3.05) is 26.7 Å². The summed E-state index contributed by atoms with van der Waals surface area (Å²) in [6, 6.07) is 5.53. The summed E-state index contributed by atoms with van der Waals surface area (Å²) in [6.07, 6.45) is 1.99. The van der Waals surface area contributed by atoms with Gasteiger partial charge in [-0.2, -0.15) is 4.31 Å². The summed E-state index contributed by atoms with van der Waals surface area (Å²) < 4.78 is 32.2. The van der Waals surface area contributed by atoms with Crippen LogP contribution in [0.5, 0.6) is 5.75 Å². The molecule has 156 valence electrons. The van der Waals surface area contributed by atoms with Crippen molar-refractivity contribution in [3.05, 3.63) is 24.3 Å². The molecule has 0 unspecified atom stereocenters. The van der Waals surface area contributed by atoms with Crippen LogP contribution >= 0.6 is 0 Å². The molecule has 2 N–H and O–H groups in total. The Balaban J connectivity index is 2.02. The van der Waals surface area contributed by atoms with Gasteiger partial charge < -0.3 is 15.4 Å². The number of rotatable bonds is 8. The van der Waals surface area contributed by atoms with Crippen LogP contribution < -0.4 is 15.4 Å². The van der Waals surface area contributed by atoms with E-state index in [-0.39, 0.29) is 23.3 Å². The molecule has 1 heterocycles. The second-order valence-electron chi connectivity index (χ2n) is 6.90. The number of carbonyl (C=O) groups excluding carboxylic acids is 2. The lowest BCUT2D eigenvalue weighted by atomic mass is 9.98. The van der Waals surface area contributed by atoms with Gasteiger partial charge in [0.2, 0.25) is 21.8 Å². The van der Waals surface area contributed by atoms with Crippen LogP contribution in [0.15, 0.2) is 29.2 Å². The van der Waals surface area contributed by atoms with Gasteiger partial charge in [-0.3, -0.25) is 9.59 Å². The average molecular weight is 412 g/mol. The largest absolute Gasteiger partial charge is 0.497 e. The molecule has 1 aromatic rings. The minimum atomic E-state index is -3.69. The number of benzene rings is 1. The molecule has 1 aliphatic heterocycles. The number of amides is 2. The van der Waals surface area contributed by atoms with Crippen LogP contribution in [0.3, 0.4) is 0 Å². The van der Waals surface area contributed by atoms with E-state index in [9.17, 15) is 18.0 Å². The summed E-state index contributed by atoms with van der Waals surface area (Å²) in [6.45, 7) is 4.59. The van der Waals surface area contributed by atoms with Gasteiger partial charge in [-0.15, -0.1) is 0 Å². The molecule has 9 heteroatoms. The van der Waals surface area contributed by atoms with Gasteiger partial charge in [-0.1, -0.05) is 6.92 Å². The summed E-state index contributed by atoms with van der Waals surface area (Å²) in [5.41, 5.74) is 0. The molecule has 0 saturated carbocycles. The van der Waals surface area contributed by atoms with Crippen molar-refractivity contribution in [1.82, 2.24) is 14.9 Å². The van der Waals surface area contributed by atoms with E-state index in [4.69, 9.17) is 4.74 Å². The van der Waals surface area contributed by atoms with Crippen LogP contribution in [0.2, 0.25) is 0 Å². The van der Waals surface area contributed by atoms with Gasteiger partial charge in [-0.25, -0.2) is 8.42 Å². The van der Waals surface area contributed by atoms with E-state index in [1.54, 1.807) is 19.1 Å². The Morgan fingerprint density at radius 3 is 2.57 bits per heavy atom. The molecular formula is C19H29N3O5S. The number of hydrogen-bond acceptors (Lipinski definition) is 5. The van der Waals surface area contributed by atoms with E-state index in [1.165, 1.54) is 23.5 Å². The highest BCUT2D eigenvalue weighted by molar-refractivity contribution is 7.89. The second-order valence-corrected chi connectivity index (χ2v) is 8.84. The van der Waals surface area contributed by atoms with E-state index < -0.39 is 22.0 Å². The number of piperidine rings is 1. The number of ether oxygens (including phenoxy) is 1. The highest BCUT2D eigenvalue weighted by Crippen LogP contribution is 2.25. The maximum absolute atomic E-state index is 12.9. The standard InChI is InChI=1S/C19H29N3O5S/c1-4-11-20-18(23)14(2)21-19(24)15-6-5-12-22(13-15)28(25,26)17-9-7-16(27-3)8-10-17/h7-10,14-15H,4-6,11-13H2,1-3H3,(H,20,23)(H,21,24)/t14-,15-/m1/s1.